The number of rotatable bonds is 4. The lowest BCUT2D eigenvalue weighted by atomic mass is 9.94. The van der Waals surface area contributed by atoms with Gasteiger partial charge in [0.2, 0.25) is 0 Å². The topological polar surface area (TPSA) is 81.0 Å². The van der Waals surface area contributed by atoms with Gasteiger partial charge >= 0.3 is 0 Å². The molecule has 0 unspecified atom stereocenters. The SMILES string of the molecule is CC(C)c1nc(S(=O)(=O)N2CCC(c3ccc4cccnc4n3)CC2)cn1C. The van der Waals surface area contributed by atoms with Crippen LogP contribution in [0.5, 0.6) is 0 Å². The summed E-state index contributed by atoms with van der Waals surface area (Å²) in [6.07, 6.45) is 4.85. The third-order valence-corrected chi connectivity index (χ3v) is 7.14. The third kappa shape index (κ3) is 3.42. The molecule has 3 aromatic heterocycles. The molecule has 0 atom stereocenters. The standard InChI is InChI=1S/C20H25N5O2S/c1-14(2)20-23-18(13-24(20)3)28(26,27)25-11-8-15(9-12-25)17-7-6-16-5-4-10-21-19(16)22-17/h4-7,10,13-15H,8-9,11-12H2,1-3H3. The lowest BCUT2D eigenvalue weighted by Crippen LogP contribution is -2.38. The van der Waals surface area contributed by atoms with Gasteiger partial charge in [-0.25, -0.2) is 23.4 Å². The summed E-state index contributed by atoms with van der Waals surface area (Å²) in [5.41, 5.74) is 1.73. The van der Waals surface area contributed by atoms with Crippen molar-refractivity contribution in [2.75, 3.05) is 13.1 Å². The number of piperidine rings is 1. The zero-order valence-electron chi connectivity index (χ0n) is 16.4. The van der Waals surface area contributed by atoms with Gasteiger partial charge < -0.3 is 4.57 Å². The molecule has 0 aliphatic carbocycles. The molecule has 148 valence electrons. The molecule has 28 heavy (non-hydrogen) atoms. The third-order valence-electron chi connectivity index (χ3n) is 5.37. The molecular formula is C20H25N5O2S. The molecule has 1 fully saturated rings. The Kier molecular flexibility index (Phi) is 4.93. The second-order valence-corrected chi connectivity index (χ2v) is 9.55. The van der Waals surface area contributed by atoms with Crippen LogP contribution in [-0.2, 0) is 17.1 Å². The molecule has 0 N–H and O–H groups in total. The predicted molar refractivity (Wildman–Crippen MR) is 108 cm³/mol. The summed E-state index contributed by atoms with van der Waals surface area (Å²) in [6, 6.07) is 7.96. The number of imidazole rings is 1. The second-order valence-electron chi connectivity index (χ2n) is 7.67. The largest absolute Gasteiger partial charge is 0.336 e. The number of fused-ring (bicyclic) bond motifs is 1. The zero-order chi connectivity index (χ0) is 19.9. The van der Waals surface area contributed by atoms with E-state index in [2.05, 4.69) is 15.0 Å². The predicted octanol–water partition coefficient (Wildman–Crippen LogP) is 3.06. The van der Waals surface area contributed by atoms with E-state index >= 15 is 0 Å². The van der Waals surface area contributed by atoms with Crippen LogP contribution in [0.25, 0.3) is 11.0 Å². The monoisotopic (exact) mass is 399 g/mol. The molecule has 0 spiro atoms. The maximum Gasteiger partial charge on any atom is 0.262 e. The van der Waals surface area contributed by atoms with Crippen molar-refractivity contribution < 1.29 is 8.42 Å². The Balaban J connectivity index is 1.50. The average Bonchev–Trinajstić information content (AvgIpc) is 3.10. The Labute approximate surface area is 165 Å². The average molecular weight is 400 g/mol. The molecule has 0 saturated carbocycles. The van der Waals surface area contributed by atoms with Crippen LogP contribution in [0.4, 0.5) is 0 Å². The van der Waals surface area contributed by atoms with Crippen LogP contribution < -0.4 is 0 Å². The summed E-state index contributed by atoms with van der Waals surface area (Å²) in [4.78, 5) is 13.4. The molecule has 1 saturated heterocycles. The van der Waals surface area contributed by atoms with E-state index in [1.165, 1.54) is 0 Å². The summed E-state index contributed by atoms with van der Waals surface area (Å²) in [7, 11) is -1.73. The van der Waals surface area contributed by atoms with Gasteiger partial charge in [0.15, 0.2) is 10.7 Å². The van der Waals surface area contributed by atoms with Crippen LogP contribution in [-0.4, -0.2) is 45.3 Å². The molecule has 8 heteroatoms. The Morgan fingerprint density at radius 3 is 2.54 bits per heavy atom. The van der Waals surface area contributed by atoms with Gasteiger partial charge in [-0.15, -0.1) is 0 Å². The number of hydrogen-bond donors (Lipinski definition) is 0. The molecular weight excluding hydrogens is 374 g/mol. The number of sulfonamides is 1. The highest BCUT2D eigenvalue weighted by molar-refractivity contribution is 7.89. The van der Waals surface area contributed by atoms with Crippen molar-refractivity contribution in [3.63, 3.8) is 0 Å². The molecule has 4 heterocycles. The molecule has 0 bridgehead atoms. The van der Waals surface area contributed by atoms with E-state index in [4.69, 9.17) is 0 Å². The smallest absolute Gasteiger partial charge is 0.262 e. The molecule has 3 aromatic rings. The van der Waals surface area contributed by atoms with Gasteiger partial charge in [-0.1, -0.05) is 13.8 Å². The zero-order valence-corrected chi connectivity index (χ0v) is 17.2. The molecule has 0 amide bonds. The first-order valence-electron chi connectivity index (χ1n) is 9.61. The van der Waals surface area contributed by atoms with Gasteiger partial charge in [0.05, 0.1) is 0 Å². The quantitative estimate of drug-likeness (QED) is 0.673. The fourth-order valence-electron chi connectivity index (χ4n) is 3.83. The molecule has 1 aliphatic rings. The molecule has 7 nitrogen and oxygen atoms in total. The Hall–Kier alpha value is -2.32. The lowest BCUT2D eigenvalue weighted by molar-refractivity contribution is 0.316. The van der Waals surface area contributed by atoms with E-state index < -0.39 is 10.0 Å². The normalized spacial score (nSPS) is 16.9. The summed E-state index contributed by atoms with van der Waals surface area (Å²) >= 11 is 0. The molecule has 0 radical (unpaired) electrons. The first-order valence-corrected chi connectivity index (χ1v) is 11.1. The first kappa shape index (κ1) is 19.0. The Morgan fingerprint density at radius 2 is 1.86 bits per heavy atom. The van der Waals surface area contributed by atoms with Gasteiger partial charge in [-0.2, -0.15) is 4.31 Å². The van der Waals surface area contributed by atoms with Crippen molar-refractivity contribution in [2.24, 2.45) is 7.05 Å². The number of hydrogen-bond acceptors (Lipinski definition) is 5. The van der Waals surface area contributed by atoms with Crippen molar-refractivity contribution in [3.05, 3.63) is 48.2 Å². The van der Waals surface area contributed by atoms with Crippen LogP contribution in [0.3, 0.4) is 0 Å². The van der Waals surface area contributed by atoms with Gasteiger partial charge in [0.1, 0.15) is 5.82 Å². The fraction of sp³-hybridized carbons (Fsp3) is 0.450. The highest BCUT2D eigenvalue weighted by atomic mass is 32.2. The Bertz CT molecular complexity index is 1100. The van der Waals surface area contributed by atoms with E-state index in [1.807, 2.05) is 45.2 Å². The highest BCUT2D eigenvalue weighted by Gasteiger charge is 2.32. The van der Waals surface area contributed by atoms with Gasteiger partial charge in [-0.3, -0.25) is 0 Å². The minimum absolute atomic E-state index is 0.144. The van der Waals surface area contributed by atoms with Crippen LogP contribution in [0, 0.1) is 0 Å². The molecule has 1 aliphatic heterocycles. The van der Waals surface area contributed by atoms with Crippen molar-refractivity contribution in [1.82, 2.24) is 23.8 Å². The van der Waals surface area contributed by atoms with E-state index in [0.717, 1.165) is 35.4 Å². The first-order chi connectivity index (χ1) is 13.4. The van der Waals surface area contributed by atoms with E-state index in [-0.39, 0.29) is 16.9 Å². The maximum absolute atomic E-state index is 13.0. The maximum atomic E-state index is 13.0. The lowest BCUT2D eigenvalue weighted by Gasteiger charge is -2.30. The van der Waals surface area contributed by atoms with Crippen LogP contribution in [0.2, 0.25) is 0 Å². The number of aryl methyl sites for hydroxylation is 1. The molecule has 0 aromatic carbocycles. The van der Waals surface area contributed by atoms with Crippen LogP contribution in [0.1, 0.15) is 50.0 Å². The van der Waals surface area contributed by atoms with Crippen LogP contribution in [0.15, 0.2) is 41.7 Å². The van der Waals surface area contributed by atoms with Crippen molar-refractivity contribution in [2.45, 2.75) is 43.6 Å². The Morgan fingerprint density at radius 1 is 1.11 bits per heavy atom. The minimum Gasteiger partial charge on any atom is -0.336 e. The van der Waals surface area contributed by atoms with Gasteiger partial charge in [0.25, 0.3) is 10.0 Å². The summed E-state index contributed by atoms with van der Waals surface area (Å²) in [5.74, 6) is 1.20. The summed E-state index contributed by atoms with van der Waals surface area (Å²) in [6.45, 7) is 4.97. The van der Waals surface area contributed by atoms with Crippen molar-refractivity contribution in [3.8, 4) is 0 Å². The summed E-state index contributed by atoms with van der Waals surface area (Å²) < 4.78 is 29.4. The van der Waals surface area contributed by atoms with Crippen LogP contribution >= 0.6 is 0 Å². The van der Waals surface area contributed by atoms with E-state index in [9.17, 15) is 8.42 Å². The number of pyridine rings is 2. The van der Waals surface area contributed by atoms with Crippen molar-refractivity contribution >= 4 is 21.1 Å². The van der Waals surface area contributed by atoms with E-state index in [1.54, 1.807) is 21.3 Å². The second kappa shape index (κ2) is 7.25. The minimum atomic E-state index is -3.57. The van der Waals surface area contributed by atoms with Gasteiger partial charge in [-0.05, 0) is 37.1 Å². The van der Waals surface area contributed by atoms with Crippen molar-refractivity contribution in [1.29, 1.82) is 0 Å². The summed E-state index contributed by atoms with van der Waals surface area (Å²) in [5, 5.41) is 1.16. The fourth-order valence-corrected chi connectivity index (χ4v) is 5.29. The van der Waals surface area contributed by atoms with E-state index in [0.29, 0.717) is 13.1 Å². The molecule has 4 rings (SSSR count). The number of aromatic nitrogens is 4. The number of nitrogens with zero attached hydrogens (tertiary/aromatic N) is 5. The highest BCUT2D eigenvalue weighted by Crippen LogP contribution is 2.30. The van der Waals surface area contributed by atoms with Gasteiger partial charge in [0, 0.05) is 55.4 Å².